The van der Waals surface area contributed by atoms with Crippen LogP contribution < -0.4 is 9.64 Å². The van der Waals surface area contributed by atoms with Crippen LogP contribution in [0, 0.1) is 11.3 Å². The Labute approximate surface area is 247 Å². The molecule has 5 aromatic rings. The van der Waals surface area contributed by atoms with Crippen molar-refractivity contribution in [3.63, 3.8) is 0 Å². The number of fused-ring (bicyclic) bond motifs is 2. The summed E-state index contributed by atoms with van der Waals surface area (Å²) in [6, 6.07) is 27.8. The molecule has 6 nitrogen and oxygen atoms in total. The Morgan fingerprint density at radius 1 is 0.905 bits per heavy atom. The predicted molar refractivity (Wildman–Crippen MR) is 169 cm³/mol. The maximum atomic E-state index is 9.43. The zero-order valence-corrected chi connectivity index (χ0v) is 24.2. The lowest BCUT2D eigenvalue weighted by atomic mass is 9.81. The van der Waals surface area contributed by atoms with Gasteiger partial charge in [0.2, 0.25) is 0 Å². The van der Waals surface area contributed by atoms with Gasteiger partial charge in [-0.05, 0) is 73.1 Å². The molecule has 3 aromatic carbocycles. The maximum absolute atomic E-state index is 9.43. The highest BCUT2D eigenvalue weighted by Crippen LogP contribution is 2.39. The van der Waals surface area contributed by atoms with Crippen LogP contribution in [0.15, 0.2) is 85.2 Å². The van der Waals surface area contributed by atoms with Gasteiger partial charge in [0.05, 0.1) is 22.8 Å². The average Bonchev–Trinajstić information content (AvgIpc) is 3.39. The van der Waals surface area contributed by atoms with Crippen LogP contribution in [0.5, 0.6) is 5.75 Å². The van der Waals surface area contributed by atoms with Gasteiger partial charge in [0, 0.05) is 74.0 Å². The summed E-state index contributed by atoms with van der Waals surface area (Å²) in [7, 11) is 2.12. The van der Waals surface area contributed by atoms with Crippen molar-refractivity contribution in [2.75, 3.05) is 31.1 Å². The summed E-state index contributed by atoms with van der Waals surface area (Å²) < 4.78 is 8.47. The first-order chi connectivity index (χ1) is 20.7. The highest BCUT2D eigenvalue weighted by atomic mass is 16.5. The van der Waals surface area contributed by atoms with Crippen LogP contribution in [0.4, 0.5) is 5.69 Å². The lowest BCUT2D eigenvalue weighted by Crippen LogP contribution is -2.51. The minimum absolute atomic E-state index is 0.556. The van der Waals surface area contributed by atoms with E-state index in [1.165, 1.54) is 53.4 Å². The van der Waals surface area contributed by atoms with Gasteiger partial charge in [-0.15, -0.1) is 0 Å². The van der Waals surface area contributed by atoms with Gasteiger partial charge < -0.3 is 14.2 Å². The van der Waals surface area contributed by atoms with Crippen LogP contribution in [-0.4, -0.2) is 46.7 Å². The monoisotopic (exact) mass is 555 g/mol. The Morgan fingerprint density at radius 2 is 1.71 bits per heavy atom. The SMILES string of the molecule is Cn1cc(C2CCC(N3CCN(c4cc(OCc5ccccc5)cc5cccnc45)CC3)CC2)c2cc(C#N)ccc21. The first-order valence-corrected chi connectivity index (χ1v) is 15.2. The lowest BCUT2D eigenvalue weighted by Gasteiger charge is -2.42. The molecule has 0 atom stereocenters. The van der Waals surface area contributed by atoms with Crippen molar-refractivity contribution >= 4 is 27.5 Å². The van der Waals surface area contributed by atoms with E-state index in [0.29, 0.717) is 18.6 Å². The number of nitriles is 1. The zero-order valence-electron chi connectivity index (χ0n) is 24.2. The molecule has 2 fully saturated rings. The number of benzene rings is 3. The van der Waals surface area contributed by atoms with E-state index in [4.69, 9.17) is 9.72 Å². The largest absolute Gasteiger partial charge is 0.489 e. The summed E-state index contributed by atoms with van der Waals surface area (Å²) in [5, 5.41) is 11.8. The molecule has 3 heterocycles. The first kappa shape index (κ1) is 26.6. The highest BCUT2D eigenvalue weighted by molar-refractivity contribution is 5.92. The lowest BCUT2D eigenvalue weighted by molar-refractivity contribution is 0.141. The van der Waals surface area contributed by atoms with Gasteiger partial charge in [0.25, 0.3) is 0 Å². The van der Waals surface area contributed by atoms with Gasteiger partial charge in [0.1, 0.15) is 12.4 Å². The third kappa shape index (κ3) is 5.21. The third-order valence-electron chi connectivity index (χ3n) is 9.36. The van der Waals surface area contributed by atoms with Crippen LogP contribution in [0.2, 0.25) is 0 Å². The van der Waals surface area contributed by atoms with Gasteiger partial charge in [0.15, 0.2) is 0 Å². The van der Waals surface area contributed by atoms with E-state index in [2.05, 4.69) is 88.3 Å². The van der Waals surface area contributed by atoms with Crippen LogP contribution in [0.1, 0.15) is 48.3 Å². The third-order valence-corrected chi connectivity index (χ3v) is 9.36. The summed E-state index contributed by atoms with van der Waals surface area (Å²) in [5.74, 6) is 1.46. The average molecular weight is 556 g/mol. The normalized spacial score (nSPS) is 19.7. The molecule has 0 spiro atoms. The standard InChI is InChI=1S/C36H37N5O/c1-39-24-33(32-20-27(23-37)9-14-34(32)39)28-10-12-30(13-11-28)40-16-18-41(19-17-40)35-22-31(21-29-8-5-15-38-36(29)35)42-25-26-6-3-2-4-7-26/h2-9,14-15,20-22,24,28,30H,10-13,16-19,25H2,1H3. The van der Waals surface area contributed by atoms with Gasteiger partial charge in [-0.3, -0.25) is 9.88 Å². The number of pyridine rings is 1. The molecule has 2 aromatic heterocycles. The summed E-state index contributed by atoms with van der Waals surface area (Å²) in [5.41, 5.74) is 6.78. The van der Waals surface area contributed by atoms with Gasteiger partial charge in [-0.1, -0.05) is 36.4 Å². The molecule has 0 bridgehead atoms. The fraction of sp³-hybridized carbons (Fsp3) is 0.333. The molecule has 1 saturated carbocycles. The van der Waals surface area contributed by atoms with Gasteiger partial charge in [-0.25, -0.2) is 0 Å². The van der Waals surface area contributed by atoms with Gasteiger partial charge in [-0.2, -0.15) is 5.26 Å². The van der Waals surface area contributed by atoms with E-state index in [-0.39, 0.29) is 0 Å². The molecular formula is C36H37N5O. The number of hydrogen-bond donors (Lipinski definition) is 0. The van der Waals surface area contributed by atoms with Gasteiger partial charge >= 0.3 is 0 Å². The molecule has 2 aliphatic rings. The summed E-state index contributed by atoms with van der Waals surface area (Å²) in [4.78, 5) is 9.98. The van der Waals surface area contributed by atoms with E-state index in [0.717, 1.165) is 48.4 Å². The molecule has 1 aliphatic carbocycles. The Bertz CT molecular complexity index is 1740. The second-order valence-corrected chi connectivity index (χ2v) is 11.9. The van der Waals surface area contributed by atoms with Crippen molar-refractivity contribution in [2.45, 2.75) is 44.2 Å². The Morgan fingerprint density at radius 3 is 2.50 bits per heavy atom. The topological polar surface area (TPSA) is 57.3 Å². The molecule has 0 amide bonds. The van der Waals surface area contributed by atoms with Crippen molar-refractivity contribution in [1.29, 1.82) is 5.26 Å². The molecule has 6 heteroatoms. The van der Waals surface area contributed by atoms with Crippen LogP contribution in [0.25, 0.3) is 21.8 Å². The van der Waals surface area contributed by atoms with Crippen molar-refractivity contribution in [3.05, 3.63) is 102 Å². The fourth-order valence-electron chi connectivity index (χ4n) is 7.11. The maximum Gasteiger partial charge on any atom is 0.122 e. The Kier molecular flexibility index (Phi) is 7.27. The van der Waals surface area contributed by atoms with Crippen molar-refractivity contribution in [3.8, 4) is 11.8 Å². The number of ether oxygens (including phenoxy) is 1. The Hall–Kier alpha value is -4.34. The van der Waals surface area contributed by atoms with Crippen LogP contribution in [0.3, 0.4) is 0 Å². The van der Waals surface area contributed by atoms with Crippen molar-refractivity contribution < 1.29 is 4.74 Å². The number of rotatable bonds is 6. The summed E-state index contributed by atoms with van der Waals surface area (Å²) in [6.45, 7) is 4.68. The van der Waals surface area contributed by atoms with Crippen LogP contribution >= 0.6 is 0 Å². The number of piperazine rings is 1. The second kappa shape index (κ2) is 11.5. The predicted octanol–water partition coefficient (Wildman–Crippen LogP) is 7.03. The number of anilines is 1. The highest BCUT2D eigenvalue weighted by Gasteiger charge is 2.30. The quantitative estimate of drug-likeness (QED) is 0.225. The smallest absolute Gasteiger partial charge is 0.122 e. The van der Waals surface area contributed by atoms with E-state index in [1.807, 2.05) is 24.4 Å². The van der Waals surface area contributed by atoms with E-state index in [1.54, 1.807) is 0 Å². The summed E-state index contributed by atoms with van der Waals surface area (Å²) in [6.07, 6.45) is 9.05. The van der Waals surface area contributed by atoms with Crippen molar-refractivity contribution in [2.24, 2.45) is 7.05 Å². The van der Waals surface area contributed by atoms with E-state index in [9.17, 15) is 5.26 Å². The minimum Gasteiger partial charge on any atom is -0.489 e. The number of aryl methyl sites for hydroxylation is 1. The molecule has 42 heavy (non-hydrogen) atoms. The minimum atomic E-state index is 0.556. The summed E-state index contributed by atoms with van der Waals surface area (Å²) >= 11 is 0. The number of hydrogen-bond acceptors (Lipinski definition) is 5. The molecule has 0 unspecified atom stereocenters. The van der Waals surface area contributed by atoms with Crippen molar-refractivity contribution in [1.82, 2.24) is 14.5 Å². The molecular weight excluding hydrogens is 518 g/mol. The van der Waals surface area contributed by atoms with Crippen LogP contribution in [-0.2, 0) is 13.7 Å². The van der Waals surface area contributed by atoms with E-state index >= 15 is 0 Å². The Balaban J connectivity index is 1.01. The zero-order chi connectivity index (χ0) is 28.5. The number of aromatic nitrogens is 2. The first-order valence-electron chi connectivity index (χ1n) is 15.2. The number of nitrogens with zero attached hydrogens (tertiary/aromatic N) is 5. The molecule has 0 radical (unpaired) electrons. The fourth-order valence-corrected chi connectivity index (χ4v) is 7.11. The molecule has 7 rings (SSSR count). The molecule has 0 N–H and O–H groups in total. The molecule has 1 saturated heterocycles. The molecule has 212 valence electrons. The van der Waals surface area contributed by atoms with E-state index < -0.39 is 0 Å². The molecule has 1 aliphatic heterocycles. The second-order valence-electron chi connectivity index (χ2n) is 11.9.